The van der Waals surface area contributed by atoms with Gasteiger partial charge in [0.15, 0.2) is 0 Å². The maximum Gasteiger partial charge on any atom is 0.336 e. The molecule has 1 unspecified atom stereocenters. The summed E-state index contributed by atoms with van der Waals surface area (Å²) in [5, 5.41) is 20.9. The van der Waals surface area contributed by atoms with Crippen molar-refractivity contribution < 1.29 is 15.0 Å². The number of aromatic carboxylic acids is 1. The zero-order chi connectivity index (χ0) is 11.6. The third-order valence-corrected chi connectivity index (χ3v) is 3.36. The van der Waals surface area contributed by atoms with Crippen molar-refractivity contribution in [1.29, 1.82) is 0 Å². The van der Waals surface area contributed by atoms with Crippen molar-refractivity contribution in [3.63, 3.8) is 0 Å². The predicted octanol–water partition coefficient (Wildman–Crippen LogP) is 2.70. The van der Waals surface area contributed by atoms with Crippen LogP contribution in [0.1, 0.15) is 42.4 Å². The van der Waals surface area contributed by atoms with E-state index in [2.05, 4.69) is 0 Å². The SMILES string of the molecule is CC(C)CC(C)(O)c1sccc1C(=O)O. The number of hydrogen-bond acceptors (Lipinski definition) is 3. The predicted molar refractivity (Wildman–Crippen MR) is 60.3 cm³/mol. The van der Waals surface area contributed by atoms with E-state index in [1.807, 2.05) is 13.8 Å². The van der Waals surface area contributed by atoms with Crippen molar-refractivity contribution in [3.8, 4) is 0 Å². The number of carboxylic acids is 1. The quantitative estimate of drug-likeness (QED) is 0.833. The summed E-state index contributed by atoms with van der Waals surface area (Å²) in [6.45, 7) is 5.68. The molecule has 1 atom stereocenters. The van der Waals surface area contributed by atoms with Crippen molar-refractivity contribution in [2.45, 2.75) is 32.8 Å². The van der Waals surface area contributed by atoms with Gasteiger partial charge in [-0.25, -0.2) is 4.79 Å². The fourth-order valence-electron chi connectivity index (χ4n) is 1.78. The van der Waals surface area contributed by atoms with Crippen molar-refractivity contribution in [3.05, 3.63) is 21.9 Å². The Balaban J connectivity index is 3.03. The molecule has 1 heterocycles. The zero-order valence-corrected chi connectivity index (χ0v) is 9.97. The van der Waals surface area contributed by atoms with Crippen molar-refractivity contribution in [1.82, 2.24) is 0 Å². The van der Waals surface area contributed by atoms with Gasteiger partial charge in [-0.1, -0.05) is 13.8 Å². The van der Waals surface area contributed by atoms with Gasteiger partial charge in [0.2, 0.25) is 0 Å². The second-order valence-corrected chi connectivity index (χ2v) is 5.26. The first-order valence-corrected chi connectivity index (χ1v) is 5.76. The van der Waals surface area contributed by atoms with Gasteiger partial charge < -0.3 is 10.2 Å². The van der Waals surface area contributed by atoms with Crippen LogP contribution < -0.4 is 0 Å². The minimum absolute atomic E-state index is 0.214. The molecule has 3 nitrogen and oxygen atoms in total. The number of aliphatic hydroxyl groups is 1. The lowest BCUT2D eigenvalue weighted by Crippen LogP contribution is -2.24. The third-order valence-electron chi connectivity index (χ3n) is 2.19. The highest BCUT2D eigenvalue weighted by molar-refractivity contribution is 7.10. The first-order valence-electron chi connectivity index (χ1n) is 4.88. The summed E-state index contributed by atoms with van der Waals surface area (Å²) < 4.78 is 0. The topological polar surface area (TPSA) is 57.5 Å². The number of carbonyl (C=O) groups is 1. The van der Waals surface area contributed by atoms with E-state index in [1.165, 1.54) is 17.4 Å². The molecular formula is C11H16O3S. The maximum atomic E-state index is 10.9. The van der Waals surface area contributed by atoms with E-state index in [0.717, 1.165) is 0 Å². The van der Waals surface area contributed by atoms with E-state index in [-0.39, 0.29) is 5.56 Å². The van der Waals surface area contributed by atoms with Crippen LogP contribution >= 0.6 is 11.3 Å². The Morgan fingerprint density at radius 3 is 2.67 bits per heavy atom. The van der Waals surface area contributed by atoms with Crippen LogP contribution in [-0.4, -0.2) is 16.2 Å². The molecule has 1 rings (SSSR count). The third kappa shape index (κ3) is 2.79. The van der Waals surface area contributed by atoms with E-state index in [0.29, 0.717) is 17.2 Å². The molecule has 84 valence electrons. The Morgan fingerprint density at radius 1 is 1.60 bits per heavy atom. The van der Waals surface area contributed by atoms with E-state index in [9.17, 15) is 9.90 Å². The van der Waals surface area contributed by atoms with Crippen LogP contribution in [0.3, 0.4) is 0 Å². The summed E-state index contributed by atoms with van der Waals surface area (Å²) in [4.78, 5) is 11.5. The van der Waals surface area contributed by atoms with Gasteiger partial charge in [0.1, 0.15) is 0 Å². The Kier molecular flexibility index (Phi) is 3.52. The largest absolute Gasteiger partial charge is 0.478 e. The van der Waals surface area contributed by atoms with Crippen LogP contribution in [0.15, 0.2) is 11.4 Å². The lowest BCUT2D eigenvalue weighted by Gasteiger charge is -2.24. The summed E-state index contributed by atoms with van der Waals surface area (Å²) in [6, 6.07) is 1.54. The lowest BCUT2D eigenvalue weighted by molar-refractivity contribution is 0.0358. The summed E-state index contributed by atoms with van der Waals surface area (Å²) in [5.74, 6) is -0.654. The van der Waals surface area contributed by atoms with Crippen LogP contribution in [0.2, 0.25) is 0 Å². The molecule has 0 fully saturated rings. The average Bonchev–Trinajstić information content (AvgIpc) is 2.48. The molecule has 0 saturated heterocycles. The summed E-state index contributed by atoms with van der Waals surface area (Å²) in [5.41, 5.74) is -0.832. The Bertz CT molecular complexity index is 352. The van der Waals surface area contributed by atoms with Crippen molar-refractivity contribution >= 4 is 17.3 Å². The normalized spacial score (nSPS) is 15.3. The van der Waals surface area contributed by atoms with E-state index < -0.39 is 11.6 Å². The van der Waals surface area contributed by atoms with Gasteiger partial charge in [0.05, 0.1) is 16.0 Å². The molecule has 0 aliphatic heterocycles. The van der Waals surface area contributed by atoms with Gasteiger partial charge in [-0.15, -0.1) is 11.3 Å². The monoisotopic (exact) mass is 228 g/mol. The first kappa shape index (κ1) is 12.2. The number of hydrogen-bond donors (Lipinski definition) is 2. The van der Waals surface area contributed by atoms with Crippen LogP contribution in [0.5, 0.6) is 0 Å². The van der Waals surface area contributed by atoms with Gasteiger partial charge in [0.25, 0.3) is 0 Å². The molecule has 0 amide bonds. The number of carboxylic acid groups (broad SMARTS) is 1. The van der Waals surface area contributed by atoms with Crippen LogP contribution in [0.4, 0.5) is 0 Å². The Morgan fingerprint density at radius 2 is 2.20 bits per heavy atom. The van der Waals surface area contributed by atoms with E-state index in [1.54, 1.807) is 12.3 Å². The number of thiophene rings is 1. The van der Waals surface area contributed by atoms with Gasteiger partial charge >= 0.3 is 5.97 Å². The highest BCUT2D eigenvalue weighted by Crippen LogP contribution is 2.34. The molecule has 0 aliphatic carbocycles. The highest BCUT2D eigenvalue weighted by atomic mass is 32.1. The maximum absolute atomic E-state index is 10.9. The Hall–Kier alpha value is -0.870. The molecule has 1 aromatic rings. The van der Waals surface area contributed by atoms with Crippen LogP contribution in [-0.2, 0) is 5.60 Å². The van der Waals surface area contributed by atoms with Crippen LogP contribution in [0, 0.1) is 5.92 Å². The molecule has 4 heteroatoms. The fraction of sp³-hybridized carbons (Fsp3) is 0.545. The van der Waals surface area contributed by atoms with Gasteiger partial charge in [0, 0.05) is 0 Å². The van der Waals surface area contributed by atoms with Gasteiger partial charge in [-0.3, -0.25) is 0 Å². The number of rotatable bonds is 4. The molecule has 0 saturated carbocycles. The van der Waals surface area contributed by atoms with Gasteiger partial charge in [-0.2, -0.15) is 0 Å². The molecular weight excluding hydrogens is 212 g/mol. The standard InChI is InChI=1S/C11H16O3S/c1-7(2)6-11(3,14)9-8(10(12)13)4-5-15-9/h4-5,7,14H,6H2,1-3H3,(H,12,13). The van der Waals surface area contributed by atoms with Gasteiger partial charge in [-0.05, 0) is 30.7 Å². The molecule has 15 heavy (non-hydrogen) atoms. The van der Waals surface area contributed by atoms with Crippen molar-refractivity contribution in [2.24, 2.45) is 5.92 Å². The van der Waals surface area contributed by atoms with Crippen molar-refractivity contribution in [2.75, 3.05) is 0 Å². The summed E-state index contributed by atoms with van der Waals surface area (Å²) in [7, 11) is 0. The molecule has 0 radical (unpaired) electrons. The Labute approximate surface area is 93.4 Å². The second kappa shape index (κ2) is 4.33. The lowest BCUT2D eigenvalue weighted by atomic mass is 9.91. The zero-order valence-electron chi connectivity index (χ0n) is 9.15. The highest BCUT2D eigenvalue weighted by Gasteiger charge is 2.30. The molecule has 0 aromatic carbocycles. The molecule has 2 N–H and O–H groups in total. The molecule has 0 bridgehead atoms. The van der Waals surface area contributed by atoms with E-state index >= 15 is 0 Å². The first-order chi connectivity index (χ1) is 6.84. The second-order valence-electron chi connectivity index (χ2n) is 4.34. The fourth-order valence-corrected chi connectivity index (χ4v) is 2.74. The summed E-state index contributed by atoms with van der Waals surface area (Å²) >= 11 is 1.30. The molecule has 1 aromatic heterocycles. The molecule has 0 aliphatic rings. The smallest absolute Gasteiger partial charge is 0.336 e. The average molecular weight is 228 g/mol. The molecule has 0 spiro atoms. The van der Waals surface area contributed by atoms with E-state index in [4.69, 9.17) is 5.11 Å². The summed E-state index contributed by atoms with van der Waals surface area (Å²) in [6.07, 6.45) is 0.563. The minimum Gasteiger partial charge on any atom is -0.478 e. The van der Waals surface area contributed by atoms with Crippen LogP contribution in [0.25, 0.3) is 0 Å². The minimum atomic E-state index is -1.05.